The van der Waals surface area contributed by atoms with E-state index in [1.165, 1.54) is 71.4 Å². The quantitative estimate of drug-likeness (QED) is 0.693. The molecular formula is C16H35N3. The van der Waals surface area contributed by atoms with Gasteiger partial charge in [0.15, 0.2) is 0 Å². The maximum absolute atomic E-state index is 3.64. The highest BCUT2D eigenvalue weighted by atomic mass is 15.2. The Morgan fingerprint density at radius 3 is 2.37 bits per heavy atom. The number of likely N-dealkylation sites (N-methyl/N-ethyl adjacent to an activating group) is 1. The molecule has 19 heavy (non-hydrogen) atoms. The molecule has 1 atom stereocenters. The fraction of sp³-hybridized carbons (Fsp3) is 1.00. The Morgan fingerprint density at radius 1 is 1.05 bits per heavy atom. The molecule has 3 heteroatoms. The smallest absolute Gasteiger partial charge is 0.0109 e. The third kappa shape index (κ3) is 6.24. The fourth-order valence-electron chi connectivity index (χ4n) is 3.39. The van der Waals surface area contributed by atoms with Gasteiger partial charge in [0, 0.05) is 26.2 Å². The fourth-order valence-corrected chi connectivity index (χ4v) is 3.39. The summed E-state index contributed by atoms with van der Waals surface area (Å²) < 4.78 is 0. The molecule has 0 aromatic rings. The molecule has 0 bridgehead atoms. The van der Waals surface area contributed by atoms with E-state index in [1.807, 2.05) is 0 Å². The molecule has 0 aromatic heterocycles. The van der Waals surface area contributed by atoms with Gasteiger partial charge in [-0.25, -0.2) is 0 Å². The van der Waals surface area contributed by atoms with Gasteiger partial charge in [-0.15, -0.1) is 0 Å². The first kappa shape index (κ1) is 16.9. The van der Waals surface area contributed by atoms with Crippen LogP contribution in [0.1, 0.15) is 46.0 Å². The summed E-state index contributed by atoms with van der Waals surface area (Å²) in [5.74, 6) is 0. The van der Waals surface area contributed by atoms with E-state index >= 15 is 0 Å². The molecule has 1 heterocycles. The normalized spacial score (nSPS) is 24.3. The maximum Gasteiger partial charge on any atom is 0.0109 e. The van der Waals surface area contributed by atoms with Gasteiger partial charge in [-0.1, -0.05) is 20.3 Å². The molecule has 0 spiro atoms. The van der Waals surface area contributed by atoms with Gasteiger partial charge in [-0.05, 0) is 58.3 Å². The van der Waals surface area contributed by atoms with Gasteiger partial charge in [0.2, 0.25) is 0 Å². The first-order valence-electron chi connectivity index (χ1n) is 8.19. The highest BCUT2D eigenvalue weighted by Gasteiger charge is 2.32. The van der Waals surface area contributed by atoms with Crippen molar-refractivity contribution in [2.75, 3.05) is 53.4 Å². The molecule has 0 saturated carbocycles. The van der Waals surface area contributed by atoms with E-state index in [4.69, 9.17) is 0 Å². The molecule has 1 rings (SSSR count). The van der Waals surface area contributed by atoms with Crippen molar-refractivity contribution in [3.8, 4) is 0 Å². The lowest BCUT2D eigenvalue weighted by atomic mass is 9.76. The van der Waals surface area contributed by atoms with Crippen LogP contribution in [0.4, 0.5) is 0 Å². The van der Waals surface area contributed by atoms with Gasteiger partial charge >= 0.3 is 0 Å². The highest BCUT2D eigenvalue weighted by Crippen LogP contribution is 2.32. The van der Waals surface area contributed by atoms with E-state index in [0.717, 1.165) is 0 Å². The predicted molar refractivity (Wildman–Crippen MR) is 84.7 cm³/mol. The van der Waals surface area contributed by atoms with Crippen LogP contribution >= 0.6 is 0 Å². The van der Waals surface area contributed by atoms with Crippen molar-refractivity contribution in [3.05, 3.63) is 0 Å². The average Bonchev–Trinajstić information content (AvgIpc) is 2.37. The van der Waals surface area contributed by atoms with E-state index < -0.39 is 0 Å². The van der Waals surface area contributed by atoms with E-state index in [9.17, 15) is 0 Å². The van der Waals surface area contributed by atoms with E-state index in [1.54, 1.807) is 0 Å². The number of piperidine rings is 1. The zero-order valence-electron chi connectivity index (χ0n) is 13.7. The Labute approximate surface area is 120 Å². The van der Waals surface area contributed by atoms with Crippen LogP contribution < -0.4 is 5.32 Å². The number of hydrogen-bond donors (Lipinski definition) is 1. The minimum Gasteiger partial charge on any atom is -0.316 e. The number of hydrogen-bond acceptors (Lipinski definition) is 3. The van der Waals surface area contributed by atoms with Crippen molar-refractivity contribution in [2.45, 2.75) is 46.0 Å². The summed E-state index contributed by atoms with van der Waals surface area (Å²) in [5.41, 5.74) is 0.536. The summed E-state index contributed by atoms with van der Waals surface area (Å²) >= 11 is 0. The third-order valence-electron chi connectivity index (χ3n) is 4.30. The van der Waals surface area contributed by atoms with Gasteiger partial charge in [-0.3, -0.25) is 0 Å². The summed E-state index contributed by atoms with van der Waals surface area (Å²) in [7, 11) is 4.35. The molecule has 1 fully saturated rings. The highest BCUT2D eigenvalue weighted by molar-refractivity contribution is 4.88. The van der Waals surface area contributed by atoms with Crippen molar-refractivity contribution in [3.63, 3.8) is 0 Å². The molecule has 0 amide bonds. The Bertz CT molecular complexity index is 217. The van der Waals surface area contributed by atoms with Crippen LogP contribution in [0.5, 0.6) is 0 Å². The van der Waals surface area contributed by atoms with Gasteiger partial charge in [0.1, 0.15) is 0 Å². The van der Waals surface area contributed by atoms with Gasteiger partial charge < -0.3 is 15.1 Å². The average molecular weight is 269 g/mol. The second kappa shape index (κ2) is 8.93. The third-order valence-corrected chi connectivity index (χ3v) is 4.30. The molecule has 0 aliphatic carbocycles. The molecule has 1 N–H and O–H groups in total. The summed E-state index contributed by atoms with van der Waals surface area (Å²) in [5, 5.41) is 3.64. The van der Waals surface area contributed by atoms with Crippen molar-refractivity contribution >= 4 is 0 Å². The van der Waals surface area contributed by atoms with E-state index in [2.05, 4.69) is 43.1 Å². The minimum atomic E-state index is 0.536. The van der Waals surface area contributed by atoms with Crippen LogP contribution in [0.25, 0.3) is 0 Å². The van der Waals surface area contributed by atoms with Crippen molar-refractivity contribution in [1.29, 1.82) is 0 Å². The molecule has 0 aromatic carbocycles. The zero-order valence-corrected chi connectivity index (χ0v) is 13.7. The Hall–Kier alpha value is -0.120. The summed E-state index contributed by atoms with van der Waals surface area (Å²) in [6.07, 6.45) is 6.73. The largest absolute Gasteiger partial charge is 0.316 e. The molecule has 114 valence electrons. The molecule has 1 aliphatic rings. The van der Waals surface area contributed by atoms with Crippen LogP contribution in [-0.2, 0) is 0 Å². The minimum absolute atomic E-state index is 0.536. The lowest BCUT2D eigenvalue weighted by Crippen LogP contribution is -2.48. The monoisotopic (exact) mass is 269 g/mol. The lowest BCUT2D eigenvalue weighted by molar-refractivity contribution is 0.101. The lowest BCUT2D eigenvalue weighted by Gasteiger charge is -2.42. The van der Waals surface area contributed by atoms with Crippen molar-refractivity contribution < 1.29 is 0 Å². The summed E-state index contributed by atoms with van der Waals surface area (Å²) in [6, 6.07) is 0. The SMILES string of the molecule is CCCN(CCN(C)C)CC1(CCC)CCCNC1. The van der Waals surface area contributed by atoms with Crippen LogP contribution in [0.2, 0.25) is 0 Å². The van der Waals surface area contributed by atoms with Gasteiger partial charge in [-0.2, -0.15) is 0 Å². The van der Waals surface area contributed by atoms with Crippen LogP contribution in [0, 0.1) is 5.41 Å². The first-order valence-corrected chi connectivity index (χ1v) is 8.19. The number of rotatable bonds is 9. The maximum atomic E-state index is 3.64. The van der Waals surface area contributed by atoms with E-state index in [0.29, 0.717) is 5.41 Å². The van der Waals surface area contributed by atoms with Crippen molar-refractivity contribution in [1.82, 2.24) is 15.1 Å². The number of nitrogens with one attached hydrogen (secondary N) is 1. The molecule has 3 nitrogen and oxygen atoms in total. The Kier molecular flexibility index (Phi) is 7.96. The van der Waals surface area contributed by atoms with Gasteiger partial charge in [0.25, 0.3) is 0 Å². The zero-order chi connectivity index (χ0) is 14.1. The van der Waals surface area contributed by atoms with Crippen molar-refractivity contribution in [2.24, 2.45) is 5.41 Å². The predicted octanol–water partition coefficient (Wildman–Crippen LogP) is 2.43. The first-order chi connectivity index (χ1) is 9.12. The van der Waals surface area contributed by atoms with Gasteiger partial charge in [0.05, 0.1) is 0 Å². The standard InChI is InChI=1S/C16H35N3/c1-5-8-16(9-7-10-17-14-16)15-19(11-6-2)13-12-18(3)4/h17H,5-15H2,1-4H3. The molecule has 0 radical (unpaired) electrons. The second-order valence-corrected chi connectivity index (χ2v) is 6.61. The molecule has 1 saturated heterocycles. The molecular weight excluding hydrogens is 234 g/mol. The topological polar surface area (TPSA) is 18.5 Å². The summed E-state index contributed by atoms with van der Waals surface area (Å²) in [4.78, 5) is 5.00. The van der Waals surface area contributed by atoms with E-state index in [-0.39, 0.29) is 0 Å². The second-order valence-electron chi connectivity index (χ2n) is 6.61. The Morgan fingerprint density at radius 2 is 1.84 bits per heavy atom. The number of nitrogens with zero attached hydrogens (tertiary/aromatic N) is 2. The van der Waals surface area contributed by atoms with Crippen LogP contribution in [0.15, 0.2) is 0 Å². The van der Waals surface area contributed by atoms with Crippen LogP contribution in [-0.4, -0.2) is 63.2 Å². The molecule has 1 aliphatic heterocycles. The molecule has 1 unspecified atom stereocenters. The van der Waals surface area contributed by atoms with Crippen LogP contribution in [0.3, 0.4) is 0 Å². The Balaban J connectivity index is 2.55. The summed E-state index contributed by atoms with van der Waals surface area (Å²) in [6.45, 7) is 12.0.